The van der Waals surface area contributed by atoms with Crippen molar-refractivity contribution in [2.45, 2.75) is 19.4 Å². The number of thiophene rings is 1. The molecule has 0 radical (unpaired) electrons. The first-order valence-electron chi connectivity index (χ1n) is 6.15. The zero-order valence-corrected chi connectivity index (χ0v) is 11.4. The first-order valence-corrected chi connectivity index (χ1v) is 7.02. The van der Waals surface area contributed by atoms with Crippen molar-refractivity contribution in [1.29, 1.82) is 0 Å². The third kappa shape index (κ3) is 2.80. The summed E-state index contributed by atoms with van der Waals surface area (Å²) in [6, 6.07) is 4.49. The Hall–Kier alpha value is -1.79. The van der Waals surface area contributed by atoms with Crippen LogP contribution in [0, 0.1) is 0 Å². The lowest BCUT2D eigenvalue weighted by Crippen LogP contribution is -2.21. The number of nitrogens with zero attached hydrogens (tertiary/aromatic N) is 3. The molecule has 0 aliphatic carbocycles. The average molecular weight is 274 g/mol. The molecule has 0 aliphatic heterocycles. The Kier molecular flexibility index (Phi) is 3.52. The van der Waals surface area contributed by atoms with E-state index < -0.39 is 0 Å². The van der Waals surface area contributed by atoms with Crippen LogP contribution in [0.25, 0.3) is 10.2 Å². The molecule has 0 bridgehead atoms. The van der Waals surface area contributed by atoms with E-state index in [-0.39, 0.29) is 6.04 Å². The van der Waals surface area contributed by atoms with Crippen molar-refractivity contribution in [3.05, 3.63) is 41.5 Å². The van der Waals surface area contributed by atoms with Gasteiger partial charge in [-0.3, -0.25) is 4.98 Å². The van der Waals surface area contributed by atoms with Gasteiger partial charge in [-0.05, 0) is 30.0 Å². The predicted octanol–water partition coefficient (Wildman–Crippen LogP) is 2.57. The quantitative estimate of drug-likeness (QED) is 0.774. The molecule has 0 saturated heterocycles. The molecular weight excluding hydrogens is 260 g/mol. The molecule has 6 heteroatoms. The minimum absolute atomic E-state index is 0.255. The SMILES string of the molecule is CC(NCCc1ncon1)c1cnc2ccsc2c1. The Labute approximate surface area is 114 Å². The van der Waals surface area contributed by atoms with Gasteiger partial charge in [-0.1, -0.05) is 5.16 Å². The van der Waals surface area contributed by atoms with Gasteiger partial charge in [0.05, 0.1) is 10.2 Å². The molecule has 0 aromatic carbocycles. The van der Waals surface area contributed by atoms with Gasteiger partial charge in [-0.25, -0.2) is 0 Å². The Morgan fingerprint density at radius 1 is 1.42 bits per heavy atom. The van der Waals surface area contributed by atoms with Crippen LogP contribution in [0.5, 0.6) is 0 Å². The van der Waals surface area contributed by atoms with Crippen molar-refractivity contribution in [2.24, 2.45) is 0 Å². The Morgan fingerprint density at radius 2 is 2.37 bits per heavy atom. The lowest BCUT2D eigenvalue weighted by atomic mass is 10.1. The summed E-state index contributed by atoms with van der Waals surface area (Å²) in [5, 5.41) is 9.29. The molecule has 0 aliphatic rings. The molecule has 0 spiro atoms. The van der Waals surface area contributed by atoms with Crippen molar-refractivity contribution in [1.82, 2.24) is 20.4 Å². The van der Waals surface area contributed by atoms with E-state index in [1.807, 2.05) is 12.3 Å². The maximum atomic E-state index is 4.70. The lowest BCUT2D eigenvalue weighted by Gasteiger charge is -2.13. The molecule has 1 unspecified atom stereocenters. The van der Waals surface area contributed by atoms with Crippen LogP contribution in [-0.2, 0) is 6.42 Å². The maximum absolute atomic E-state index is 4.70. The van der Waals surface area contributed by atoms with Crippen LogP contribution >= 0.6 is 11.3 Å². The monoisotopic (exact) mass is 274 g/mol. The predicted molar refractivity (Wildman–Crippen MR) is 74.0 cm³/mol. The zero-order chi connectivity index (χ0) is 13.1. The van der Waals surface area contributed by atoms with E-state index in [1.54, 1.807) is 11.3 Å². The van der Waals surface area contributed by atoms with Gasteiger partial charge in [-0.2, -0.15) is 4.98 Å². The first-order chi connectivity index (χ1) is 9.33. The van der Waals surface area contributed by atoms with Crippen LogP contribution in [0.1, 0.15) is 24.4 Å². The highest BCUT2D eigenvalue weighted by Gasteiger charge is 2.07. The van der Waals surface area contributed by atoms with Gasteiger partial charge in [0, 0.05) is 25.2 Å². The standard InChI is InChI=1S/C13H14N4OS/c1-9(14-4-2-13-16-8-18-17-13)10-6-12-11(15-7-10)3-5-19-12/h3,5-9,14H,2,4H2,1H3. The fourth-order valence-corrected chi connectivity index (χ4v) is 2.71. The van der Waals surface area contributed by atoms with Crippen LogP contribution in [0.15, 0.2) is 34.6 Å². The fraction of sp³-hybridized carbons (Fsp3) is 0.308. The van der Waals surface area contributed by atoms with Crippen LogP contribution < -0.4 is 5.32 Å². The molecule has 1 N–H and O–H groups in total. The second-order valence-corrected chi connectivity index (χ2v) is 5.29. The van der Waals surface area contributed by atoms with Crippen molar-refractivity contribution in [2.75, 3.05) is 6.54 Å². The zero-order valence-electron chi connectivity index (χ0n) is 10.5. The number of aromatic nitrogens is 3. The van der Waals surface area contributed by atoms with E-state index in [4.69, 9.17) is 4.52 Å². The maximum Gasteiger partial charge on any atom is 0.213 e. The van der Waals surface area contributed by atoms with E-state index in [1.165, 1.54) is 16.7 Å². The van der Waals surface area contributed by atoms with Gasteiger partial charge in [0.1, 0.15) is 0 Å². The summed E-state index contributed by atoms with van der Waals surface area (Å²) in [7, 11) is 0. The molecule has 3 heterocycles. The van der Waals surface area contributed by atoms with Gasteiger partial charge in [-0.15, -0.1) is 11.3 Å². The Morgan fingerprint density at radius 3 is 3.21 bits per heavy atom. The summed E-state index contributed by atoms with van der Waals surface area (Å²) in [4.78, 5) is 8.44. The highest BCUT2D eigenvalue weighted by atomic mass is 32.1. The van der Waals surface area contributed by atoms with Crippen LogP contribution in [0.3, 0.4) is 0 Å². The number of pyridine rings is 1. The van der Waals surface area contributed by atoms with Crippen LogP contribution in [-0.4, -0.2) is 21.7 Å². The number of nitrogens with one attached hydrogen (secondary N) is 1. The van der Waals surface area contributed by atoms with Crippen molar-refractivity contribution in [3.8, 4) is 0 Å². The third-order valence-electron chi connectivity index (χ3n) is 3.03. The number of fused-ring (bicyclic) bond motifs is 1. The summed E-state index contributed by atoms with van der Waals surface area (Å²) in [5.74, 6) is 0.728. The van der Waals surface area contributed by atoms with Crippen molar-refractivity contribution in [3.63, 3.8) is 0 Å². The number of hydrogen-bond donors (Lipinski definition) is 1. The molecule has 0 amide bonds. The minimum atomic E-state index is 0.255. The van der Waals surface area contributed by atoms with Gasteiger partial charge in [0.25, 0.3) is 0 Å². The van der Waals surface area contributed by atoms with Crippen molar-refractivity contribution >= 4 is 21.6 Å². The Balaban J connectivity index is 1.61. The van der Waals surface area contributed by atoms with Gasteiger partial charge in [0.2, 0.25) is 6.39 Å². The molecule has 3 aromatic heterocycles. The smallest absolute Gasteiger partial charge is 0.213 e. The highest BCUT2D eigenvalue weighted by molar-refractivity contribution is 7.17. The molecular formula is C13H14N4OS. The summed E-state index contributed by atoms with van der Waals surface area (Å²) in [6.07, 6.45) is 4.05. The summed E-state index contributed by atoms with van der Waals surface area (Å²) in [5.41, 5.74) is 2.26. The molecule has 0 fully saturated rings. The van der Waals surface area contributed by atoms with Crippen molar-refractivity contribution < 1.29 is 4.52 Å². The molecule has 98 valence electrons. The van der Waals surface area contributed by atoms with E-state index >= 15 is 0 Å². The third-order valence-corrected chi connectivity index (χ3v) is 3.88. The van der Waals surface area contributed by atoms with Gasteiger partial charge in [0.15, 0.2) is 5.82 Å². The fourth-order valence-electron chi connectivity index (χ4n) is 1.92. The summed E-state index contributed by atoms with van der Waals surface area (Å²) < 4.78 is 5.92. The molecule has 3 rings (SSSR count). The minimum Gasteiger partial charge on any atom is -0.343 e. The lowest BCUT2D eigenvalue weighted by molar-refractivity contribution is 0.408. The second-order valence-electron chi connectivity index (χ2n) is 4.35. The first kappa shape index (κ1) is 12.3. The Bertz CT molecular complexity index is 650. The molecule has 1 atom stereocenters. The molecule has 3 aromatic rings. The van der Waals surface area contributed by atoms with E-state index in [9.17, 15) is 0 Å². The molecule has 19 heavy (non-hydrogen) atoms. The van der Waals surface area contributed by atoms with E-state index in [0.29, 0.717) is 0 Å². The largest absolute Gasteiger partial charge is 0.343 e. The topological polar surface area (TPSA) is 63.8 Å². The molecule has 0 saturated carbocycles. The number of rotatable bonds is 5. The molecule has 5 nitrogen and oxygen atoms in total. The van der Waals surface area contributed by atoms with Crippen LogP contribution in [0.2, 0.25) is 0 Å². The van der Waals surface area contributed by atoms with Gasteiger partial charge >= 0.3 is 0 Å². The average Bonchev–Trinajstić information content (AvgIpc) is 3.08. The summed E-state index contributed by atoms with van der Waals surface area (Å²) >= 11 is 1.72. The normalized spacial score (nSPS) is 12.9. The van der Waals surface area contributed by atoms with E-state index in [0.717, 1.165) is 24.3 Å². The number of hydrogen-bond acceptors (Lipinski definition) is 6. The highest BCUT2D eigenvalue weighted by Crippen LogP contribution is 2.22. The second kappa shape index (κ2) is 5.46. The van der Waals surface area contributed by atoms with E-state index in [2.05, 4.69) is 38.8 Å². The summed E-state index contributed by atoms with van der Waals surface area (Å²) in [6.45, 7) is 2.94. The van der Waals surface area contributed by atoms with Gasteiger partial charge < -0.3 is 9.84 Å². The van der Waals surface area contributed by atoms with Crippen LogP contribution in [0.4, 0.5) is 0 Å².